The normalized spacial score (nSPS) is 16.3. The number of nitro groups is 1. The molecule has 1 aliphatic rings. The van der Waals surface area contributed by atoms with Gasteiger partial charge in [0, 0.05) is 25.9 Å². The van der Waals surface area contributed by atoms with Crippen LogP contribution in [0.3, 0.4) is 0 Å². The predicted molar refractivity (Wildman–Crippen MR) is 74.5 cm³/mol. The van der Waals surface area contributed by atoms with Gasteiger partial charge in [0.1, 0.15) is 0 Å². The lowest BCUT2D eigenvalue weighted by Crippen LogP contribution is -2.35. The zero-order chi connectivity index (χ0) is 13.8. The first-order valence-electron chi connectivity index (χ1n) is 6.61. The molecule has 0 saturated carbocycles. The highest BCUT2D eigenvalue weighted by Crippen LogP contribution is 2.27. The lowest BCUT2D eigenvalue weighted by Gasteiger charge is -2.27. The largest absolute Gasteiger partial charge is 0.354 e. The molecule has 2 heterocycles. The Morgan fingerprint density at radius 2 is 2.21 bits per heavy atom. The van der Waals surface area contributed by atoms with Gasteiger partial charge in [-0.2, -0.15) is 0 Å². The molecular formula is C13H20N4O2. The van der Waals surface area contributed by atoms with Gasteiger partial charge in [0.15, 0.2) is 0 Å². The summed E-state index contributed by atoms with van der Waals surface area (Å²) in [4.78, 5) is 16.9. The molecule has 0 unspecified atom stereocenters. The molecule has 1 aromatic heterocycles. The lowest BCUT2D eigenvalue weighted by atomic mass is 9.98. The molecule has 0 atom stereocenters. The van der Waals surface area contributed by atoms with Crippen LogP contribution in [0.5, 0.6) is 0 Å². The minimum Gasteiger partial charge on any atom is -0.354 e. The number of piperidine rings is 1. The molecule has 1 N–H and O–H groups in total. The van der Waals surface area contributed by atoms with Gasteiger partial charge in [-0.25, -0.2) is 4.98 Å². The maximum absolute atomic E-state index is 11.1. The number of nitrogens with one attached hydrogen (secondary N) is 1. The Balaban J connectivity index is 2.13. The van der Waals surface area contributed by atoms with Gasteiger partial charge in [-0.15, -0.1) is 0 Å². The fourth-order valence-corrected chi connectivity index (χ4v) is 2.51. The highest BCUT2D eigenvalue weighted by Gasteiger charge is 2.22. The number of hydrogen-bond acceptors (Lipinski definition) is 5. The quantitative estimate of drug-likeness (QED) is 0.662. The van der Waals surface area contributed by atoms with Crippen LogP contribution in [-0.2, 0) is 0 Å². The first kappa shape index (κ1) is 13.7. The molecule has 6 heteroatoms. The standard InChI is InChI=1S/C13H20N4O2/c1-10-7-12(17(18)19)13(15-8-10)16(2)9-11-3-5-14-6-4-11/h7-8,11,14H,3-6,9H2,1-2H3. The first-order chi connectivity index (χ1) is 9.08. The molecule has 0 aliphatic carbocycles. The molecule has 0 spiro atoms. The van der Waals surface area contributed by atoms with Gasteiger partial charge in [-0.05, 0) is 44.3 Å². The molecule has 1 fully saturated rings. The number of hydrogen-bond donors (Lipinski definition) is 1. The van der Waals surface area contributed by atoms with Crippen LogP contribution in [0.1, 0.15) is 18.4 Å². The van der Waals surface area contributed by atoms with Crippen LogP contribution in [-0.4, -0.2) is 36.6 Å². The van der Waals surface area contributed by atoms with Crippen molar-refractivity contribution < 1.29 is 4.92 Å². The molecule has 0 bridgehead atoms. The molecule has 1 aliphatic heterocycles. The second-order valence-electron chi connectivity index (χ2n) is 5.19. The first-order valence-corrected chi connectivity index (χ1v) is 6.61. The summed E-state index contributed by atoms with van der Waals surface area (Å²) in [5, 5.41) is 14.4. The van der Waals surface area contributed by atoms with Crippen molar-refractivity contribution in [2.45, 2.75) is 19.8 Å². The van der Waals surface area contributed by atoms with Crippen LogP contribution in [0.15, 0.2) is 12.3 Å². The second kappa shape index (κ2) is 5.97. The minimum absolute atomic E-state index is 0.0939. The summed E-state index contributed by atoms with van der Waals surface area (Å²) >= 11 is 0. The van der Waals surface area contributed by atoms with Gasteiger partial charge < -0.3 is 10.2 Å². The van der Waals surface area contributed by atoms with E-state index in [-0.39, 0.29) is 10.6 Å². The van der Waals surface area contributed by atoms with Crippen molar-refractivity contribution in [1.82, 2.24) is 10.3 Å². The van der Waals surface area contributed by atoms with Crippen molar-refractivity contribution >= 4 is 11.5 Å². The molecule has 1 saturated heterocycles. The van der Waals surface area contributed by atoms with Crippen molar-refractivity contribution in [1.29, 1.82) is 0 Å². The van der Waals surface area contributed by atoms with E-state index < -0.39 is 0 Å². The average molecular weight is 264 g/mol. The zero-order valence-electron chi connectivity index (χ0n) is 11.4. The van der Waals surface area contributed by atoms with Gasteiger partial charge in [-0.1, -0.05) is 0 Å². The number of rotatable bonds is 4. The Morgan fingerprint density at radius 3 is 2.84 bits per heavy atom. The van der Waals surface area contributed by atoms with E-state index in [4.69, 9.17) is 0 Å². The summed E-state index contributed by atoms with van der Waals surface area (Å²) in [5.41, 5.74) is 0.905. The molecule has 1 aromatic rings. The van der Waals surface area contributed by atoms with Crippen LogP contribution in [0.2, 0.25) is 0 Å². The molecule has 0 radical (unpaired) electrons. The van der Waals surface area contributed by atoms with E-state index in [1.807, 2.05) is 18.9 Å². The highest BCUT2D eigenvalue weighted by molar-refractivity contribution is 5.58. The summed E-state index contributed by atoms with van der Waals surface area (Å²) in [6, 6.07) is 1.58. The molecule has 2 rings (SSSR count). The summed E-state index contributed by atoms with van der Waals surface area (Å²) in [6.07, 6.45) is 3.91. The van der Waals surface area contributed by atoms with E-state index in [0.717, 1.165) is 38.0 Å². The number of aryl methyl sites for hydroxylation is 1. The third-order valence-corrected chi connectivity index (χ3v) is 3.53. The molecule has 104 valence electrons. The van der Waals surface area contributed by atoms with Crippen LogP contribution in [0.25, 0.3) is 0 Å². The fraction of sp³-hybridized carbons (Fsp3) is 0.615. The van der Waals surface area contributed by atoms with Crippen molar-refractivity contribution in [2.24, 2.45) is 5.92 Å². The van der Waals surface area contributed by atoms with Crippen molar-refractivity contribution in [3.63, 3.8) is 0 Å². The summed E-state index contributed by atoms with van der Waals surface area (Å²) in [6.45, 7) is 4.69. The topological polar surface area (TPSA) is 71.3 Å². The maximum atomic E-state index is 11.1. The van der Waals surface area contributed by atoms with Gasteiger partial charge in [0.25, 0.3) is 0 Å². The van der Waals surface area contributed by atoms with E-state index in [2.05, 4.69) is 10.3 Å². The van der Waals surface area contributed by atoms with Gasteiger partial charge in [-0.3, -0.25) is 10.1 Å². The number of aromatic nitrogens is 1. The molecular weight excluding hydrogens is 244 g/mol. The molecule has 19 heavy (non-hydrogen) atoms. The summed E-state index contributed by atoms with van der Waals surface area (Å²) < 4.78 is 0. The third kappa shape index (κ3) is 3.41. The minimum atomic E-state index is -0.353. The predicted octanol–water partition coefficient (Wildman–Crippen LogP) is 1.73. The highest BCUT2D eigenvalue weighted by atomic mass is 16.6. The Labute approximate surface area is 113 Å². The fourth-order valence-electron chi connectivity index (χ4n) is 2.51. The summed E-state index contributed by atoms with van der Waals surface area (Å²) in [7, 11) is 1.88. The Bertz CT molecular complexity index is 458. The van der Waals surface area contributed by atoms with E-state index >= 15 is 0 Å². The molecule has 0 amide bonds. The SMILES string of the molecule is Cc1cnc(N(C)CC2CCNCC2)c([N+](=O)[O-])c1. The van der Waals surface area contributed by atoms with Gasteiger partial charge in [0.05, 0.1) is 4.92 Å². The Morgan fingerprint density at radius 1 is 1.53 bits per heavy atom. The zero-order valence-corrected chi connectivity index (χ0v) is 11.4. The van der Waals surface area contributed by atoms with Crippen LogP contribution in [0, 0.1) is 23.0 Å². The number of pyridine rings is 1. The number of nitrogens with zero attached hydrogens (tertiary/aromatic N) is 3. The number of anilines is 1. The maximum Gasteiger partial charge on any atom is 0.311 e. The van der Waals surface area contributed by atoms with E-state index in [1.165, 1.54) is 0 Å². The smallest absolute Gasteiger partial charge is 0.311 e. The molecule has 6 nitrogen and oxygen atoms in total. The van der Waals surface area contributed by atoms with Crippen molar-refractivity contribution in [2.75, 3.05) is 31.6 Å². The monoisotopic (exact) mass is 264 g/mol. The van der Waals surface area contributed by atoms with Gasteiger partial charge >= 0.3 is 5.69 Å². The van der Waals surface area contributed by atoms with Crippen molar-refractivity contribution in [3.05, 3.63) is 27.9 Å². The average Bonchev–Trinajstić information content (AvgIpc) is 2.39. The lowest BCUT2D eigenvalue weighted by molar-refractivity contribution is -0.384. The van der Waals surface area contributed by atoms with Crippen LogP contribution >= 0.6 is 0 Å². The van der Waals surface area contributed by atoms with E-state index in [1.54, 1.807) is 12.3 Å². The summed E-state index contributed by atoms with van der Waals surface area (Å²) in [5.74, 6) is 1.04. The van der Waals surface area contributed by atoms with Crippen LogP contribution in [0.4, 0.5) is 11.5 Å². The second-order valence-corrected chi connectivity index (χ2v) is 5.19. The van der Waals surface area contributed by atoms with E-state index in [9.17, 15) is 10.1 Å². The van der Waals surface area contributed by atoms with Crippen LogP contribution < -0.4 is 10.2 Å². The van der Waals surface area contributed by atoms with Gasteiger partial charge in [0.2, 0.25) is 5.82 Å². The third-order valence-electron chi connectivity index (χ3n) is 3.53. The Hall–Kier alpha value is -1.69. The Kier molecular flexibility index (Phi) is 4.31. The molecule has 0 aromatic carbocycles. The van der Waals surface area contributed by atoms with E-state index in [0.29, 0.717) is 11.7 Å². The van der Waals surface area contributed by atoms with Crippen molar-refractivity contribution in [3.8, 4) is 0 Å².